The Kier molecular flexibility index (Phi) is 8.33. The maximum Gasteiger partial charge on any atom is -1.00 e. The van der Waals surface area contributed by atoms with E-state index in [2.05, 4.69) is 0 Å². The molecule has 2 fully saturated rings. The van der Waals surface area contributed by atoms with Crippen LogP contribution in [0.1, 0.15) is 0 Å². The summed E-state index contributed by atoms with van der Waals surface area (Å²) in [6.07, 6.45) is -0.956. The molecule has 130 valence electrons. The Balaban J connectivity index is 0.000000495. The van der Waals surface area contributed by atoms with Gasteiger partial charge in [-0.2, -0.15) is 0 Å². The van der Waals surface area contributed by atoms with Crippen molar-refractivity contribution in [2.45, 2.75) is 6.42 Å². The van der Waals surface area contributed by atoms with Gasteiger partial charge in [0.1, 0.15) is 0 Å². The first-order valence-corrected chi connectivity index (χ1v) is 7.69. The van der Waals surface area contributed by atoms with Crippen molar-refractivity contribution in [1.29, 1.82) is 0 Å². The van der Waals surface area contributed by atoms with Crippen LogP contribution in [0.25, 0.3) is 0 Å². The van der Waals surface area contributed by atoms with E-state index in [9.17, 15) is 25.4 Å². The van der Waals surface area contributed by atoms with E-state index in [0.29, 0.717) is 52.6 Å². The second-order valence-corrected chi connectivity index (χ2v) is 5.52. The Labute approximate surface area is 117 Å². The summed E-state index contributed by atoms with van der Waals surface area (Å²) >= 11 is 0. The molecule has 2 aliphatic rings. The standard InChI is InChI=1S/C9H17FN2O2.F5P.FH/c10-9(11-1-5-13-6-2-11)12-3-7-14-8-4-12;1-6(2,3,4)5;/h9H,1-8H2;;1H/p-1. The van der Waals surface area contributed by atoms with Crippen molar-refractivity contribution in [2.75, 3.05) is 52.6 Å². The van der Waals surface area contributed by atoms with E-state index in [4.69, 9.17) is 9.47 Å². The monoisotopic (exact) mass is 349 g/mol. The molecule has 2 rings (SSSR count). The molecular weight excluding hydrogens is 332 g/mol. The summed E-state index contributed by atoms with van der Waals surface area (Å²) in [5, 5.41) is 0. The predicted octanol–water partition coefficient (Wildman–Crippen LogP) is -0.130. The van der Waals surface area contributed by atoms with Crippen molar-refractivity contribution in [3.8, 4) is 0 Å². The first-order chi connectivity index (χ1) is 9.11. The molecule has 0 aromatic carbocycles. The fourth-order valence-electron chi connectivity index (χ4n) is 1.81. The number of nitrogens with zero attached hydrogens (tertiary/aromatic N) is 2. The molecule has 0 aromatic rings. The topological polar surface area (TPSA) is 24.9 Å². The van der Waals surface area contributed by atoms with Gasteiger partial charge < -0.3 is 14.2 Å². The normalized spacial score (nSPS) is 23.5. The molecule has 2 saturated heterocycles. The van der Waals surface area contributed by atoms with Gasteiger partial charge in [-0.3, -0.25) is 9.80 Å². The molecule has 0 unspecified atom stereocenters. The molecule has 0 N–H and O–H groups in total. The second kappa shape index (κ2) is 8.42. The van der Waals surface area contributed by atoms with Gasteiger partial charge in [-0.15, -0.1) is 0 Å². The molecule has 21 heavy (non-hydrogen) atoms. The van der Waals surface area contributed by atoms with Gasteiger partial charge in [-0.25, -0.2) is 4.39 Å². The number of morpholine rings is 2. The van der Waals surface area contributed by atoms with E-state index >= 15 is 0 Å². The zero-order valence-electron chi connectivity index (χ0n) is 11.0. The van der Waals surface area contributed by atoms with Crippen molar-refractivity contribution in [3.05, 3.63) is 0 Å². The van der Waals surface area contributed by atoms with E-state index < -0.39 is 14.6 Å². The number of rotatable bonds is 2. The first kappa shape index (κ1) is 20.8. The summed E-state index contributed by atoms with van der Waals surface area (Å²) in [6.45, 7) is 5.35. The van der Waals surface area contributed by atoms with E-state index in [-0.39, 0.29) is 4.70 Å². The predicted molar refractivity (Wildman–Crippen MR) is 62.1 cm³/mol. The second-order valence-electron chi connectivity index (χ2n) is 4.25. The average molecular weight is 349 g/mol. The van der Waals surface area contributed by atoms with Gasteiger partial charge >= 0.3 is 29.1 Å². The minimum atomic E-state index is -8.55. The first-order valence-electron chi connectivity index (χ1n) is 6.00. The Morgan fingerprint density at radius 2 is 0.952 bits per heavy atom. The van der Waals surface area contributed by atoms with Gasteiger partial charge in [0.25, 0.3) is 0 Å². The molecule has 0 atom stereocenters. The van der Waals surface area contributed by atoms with Crippen molar-refractivity contribution >= 4 is 8.16 Å². The minimum Gasteiger partial charge on any atom is -1.00 e. The van der Waals surface area contributed by atoms with E-state index in [1.54, 1.807) is 0 Å². The van der Waals surface area contributed by atoms with Crippen LogP contribution in [0.5, 0.6) is 0 Å². The molecule has 2 aliphatic heterocycles. The zero-order valence-corrected chi connectivity index (χ0v) is 11.9. The Hall–Kier alpha value is -0.220. The van der Waals surface area contributed by atoms with Crippen LogP contribution in [-0.4, -0.2) is 68.8 Å². The molecule has 0 spiro atoms. The van der Waals surface area contributed by atoms with Crippen LogP contribution in [0, 0.1) is 0 Å². The number of ether oxygens (including phenoxy) is 2. The summed E-state index contributed by atoms with van der Waals surface area (Å²) in [6, 6.07) is 0. The molecule has 0 aromatic heterocycles. The number of alkyl halides is 1. The number of halogens is 7. The summed E-state index contributed by atoms with van der Waals surface area (Å²) < 4.78 is 73.5. The molecule has 0 amide bonds. The van der Waals surface area contributed by atoms with Crippen molar-refractivity contribution in [1.82, 2.24) is 9.80 Å². The third-order valence-electron chi connectivity index (χ3n) is 2.69. The quantitative estimate of drug-likeness (QED) is 0.394. The van der Waals surface area contributed by atoms with Gasteiger partial charge in [-0.05, 0) is 0 Å². The average Bonchev–Trinajstić information content (AvgIpc) is 2.37. The van der Waals surface area contributed by atoms with Gasteiger partial charge in [0.2, 0.25) is 6.42 Å². The summed E-state index contributed by atoms with van der Waals surface area (Å²) in [4.78, 5) is 3.66. The summed E-state index contributed by atoms with van der Waals surface area (Å²) in [5.74, 6) is 0. The summed E-state index contributed by atoms with van der Waals surface area (Å²) in [7, 11) is -8.55. The zero-order chi connectivity index (χ0) is 15.3. The third kappa shape index (κ3) is 11.1. The van der Waals surface area contributed by atoms with Crippen LogP contribution in [0.3, 0.4) is 0 Å². The molecule has 4 nitrogen and oxygen atoms in total. The fraction of sp³-hybridized carbons (Fsp3) is 1.00. The Bertz CT molecular complexity index is 259. The van der Waals surface area contributed by atoms with Gasteiger partial charge in [0, 0.05) is 26.2 Å². The smallest absolute Gasteiger partial charge is 1.00 e. The van der Waals surface area contributed by atoms with Gasteiger partial charge in [0.15, 0.2) is 0 Å². The Morgan fingerprint density at radius 3 is 1.19 bits per heavy atom. The molecule has 0 aliphatic carbocycles. The van der Waals surface area contributed by atoms with Crippen LogP contribution >= 0.6 is 8.16 Å². The maximum atomic E-state index is 13.9. The maximum absolute atomic E-state index is 13.9. The number of hydrogen-bond acceptors (Lipinski definition) is 4. The SMILES string of the molecule is FC(N1CCOCC1)N1CCOCC1.FP(F)(F)(F)F.[F-]. The van der Waals surface area contributed by atoms with Crippen molar-refractivity contribution in [2.24, 2.45) is 0 Å². The van der Waals surface area contributed by atoms with Gasteiger partial charge in [-0.1, -0.05) is 0 Å². The third-order valence-corrected chi connectivity index (χ3v) is 2.69. The Morgan fingerprint density at radius 1 is 0.714 bits per heavy atom. The van der Waals surface area contributed by atoms with Crippen molar-refractivity contribution < 1.29 is 39.6 Å². The number of hydrogen-bond donors (Lipinski definition) is 0. The van der Waals surface area contributed by atoms with E-state index in [1.807, 2.05) is 9.80 Å². The molecule has 2 heterocycles. The largest absolute Gasteiger partial charge is 1.00 e. The van der Waals surface area contributed by atoms with E-state index in [1.165, 1.54) is 0 Å². The van der Waals surface area contributed by atoms with Crippen molar-refractivity contribution in [3.63, 3.8) is 0 Å². The minimum absolute atomic E-state index is 0. The van der Waals surface area contributed by atoms with Crippen LogP contribution < -0.4 is 4.70 Å². The molecular formula is C9H17F7N2O2P-. The molecule has 0 saturated carbocycles. The van der Waals surface area contributed by atoms with Crippen LogP contribution in [0.2, 0.25) is 0 Å². The molecule has 12 heteroatoms. The van der Waals surface area contributed by atoms with Crippen LogP contribution in [0.15, 0.2) is 0 Å². The molecule has 0 bridgehead atoms. The van der Waals surface area contributed by atoms with Gasteiger partial charge in [0.05, 0.1) is 26.4 Å². The van der Waals surface area contributed by atoms with E-state index in [0.717, 1.165) is 0 Å². The van der Waals surface area contributed by atoms with Crippen LogP contribution in [-0.2, 0) is 9.47 Å². The summed E-state index contributed by atoms with van der Waals surface area (Å²) in [5.41, 5.74) is 0. The van der Waals surface area contributed by atoms with Crippen LogP contribution in [0.4, 0.5) is 25.4 Å². The fourth-order valence-corrected chi connectivity index (χ4v) is 1.81. The molecule has 0 radical (unpaired) electrons.